The predicted octanol–water partition coefficient (Wildman–Crippen LogP) is 1.88. The summed E-state index contributed by atoms with van der Waals surface area (Å²) in [5.41, 5.74) is 1.89. The maximum absolute atomic E-state index is 9.50. The third-order valence-corrected chi connectivity index (χ3v) is 3.83. The molecule has 5 nitrogen and oxygen atoms in total. The average Bonchev–Trinajstić information content (AvgIpc) is 2.91. The second kappa shape index (κ2) is 5.91. The number of hydrogen-bond donors (Lipinski definition) is 1. The molecule has 0 radical (unpaired) electrons. The first-order valence-corrected chi connectivity index (χ1v) is 7.16. The van der Waals surface area contributed by atoms with Gasteiger partial charge in [-0.3, -0.25) is 4.90 Å². The Labute approximate surface area is 122 Å². The van der Waals surface area contributed by atoms with Crippen molar-refractivity contribution in [2.75, 3.05) is 13.1 Å². The van der Waals surface area contributed by atoms with Crippen LogP contribution in [0.5, 0.6) is 0 Å². The lowest BCUT2D eigenvalue weighted by Crippen LogP contribution is -2.35. The van der Waals surface area contributed by atoms with Gasteiger partial charge < -0.3 is 5.11 Å². The van der Waals surface area contributed by atoms with Crippen LogP contribution in [0.2, 0.25) is 5.02 Å². The fourth-order valence-electron chi connectivity index (χ4n) is 2.40. The summed E-state index contributed by atoms with van der Waals surface area (Å²) < 4.78 is 1.75. The summed E-state index contributed by atoms with van der Waals surface area (Å²) in [5, 5.41) is 18.6. The van der Waals surface area contributed by atoms with Gasteiger partial charge in [0.15, 0.2) is 0 Å². The van der Waals surface area contributed by atoms with Crippen molar-refractivity contribution >= 4 is 11.6 Å². The molecule has 1 fully saturated rings. The number of likely N-dealkylation sites (tertiary alicyclic amines) is 1. The Hall–Kier alpha value is -1.43. The van der Waals surface area contributed by atoms with Crippen molar-refractivity contribution in [3.63, 3.8) is 0 Å². The zero-order valence-electron chi connectivity index (χ0n) is 11.1. The number of benzene rings is 1. The zero-order chi connectivity index (χ0) is 13.9. The van der Waals surface area contributed by atoms with Crippen LogP contribution in [0.4, 0.5) is 0 Å². The fraction of sp³-hybridized carbons (Fsp3) is 0.429. The van der Waals surface area contributed by atoms with E-state index < -0.39 is 0 Å². The van der Waals surface area contributed by atoms with Crippen molar-refractivity contribution in [1.82, 2.24) is 19.9 Å². The second-order valence-corrected chi connectivity index (χ2v) is 5.57. The van der Waals surface area contributed by atoms with Gasteiger partial charge in [-0.05, 0) is 37.1 Å². The van der Waals surface area contributed by atoms with Crippen molar-refractivity contribution in [2.24, 2.45) is 0 Å². The van der Waals surface area contributed by atoms with Crippen molar-refractivity contribution in [1.29, 1.82) is 0 Å². The van der Waals surface area contributed by atoms with E-state index in [1.807, 2.05) is 30.5 Å². The van der Waals surface area contributed by atoms with Crippen LogP contribution in [0, 0.1) is 0 Å². The van der Waals surface area contributed by atoms with Gasteiger partial charge in [0.05, 0.1) is 23.7 Å². The van der Waals surface area contributed by atoms with E-state index in [9.17, 15) is 5.11 Å². The number of aromatic nitrogens is 3. The molecule has 0 atom stereocenters. The number of aliphatic hydroxyl groups is 1. The number of piperidine rings is 1. The van der Waals surface area contributed by atoms with E-state index in [1.54, 1.807) is 4.68 Å². The Morgan fingerprint density at radius 2 is 1.90 bits per heavy atom. The third kappa shape index (κ3) is 3.17. The van der Waals surface area contributed by atoms with Gasteiger partial charge in [0.2, 0.25) is 0 Å². The molecule has 1 saturated heterocycles. The Morgan fingerprint density at radius 1 is 1.20 bits per heavy atom. The minimum atomic E-state index is -0.143. The molecule has 1 aromatic heterocycles. The molecule has 1 aliphatic rings. The number of nitrogens with zero attached hydrogens (tertiary/aromatic N) is 4. The number of halogens is 1. The summed E-state index contributed by atoms with van der Waals surface area (Å²) in [6, 6.07) is 7.50. The average molecular weight is 293 g/mol. The van der Waals surface area contributed by atoms with Crippen LogP contribution in [-0.4, -0.2) is 44.2 Å². The van der Waals surface area contributed by atoms with Gasteiger partial charge in [0, 0.05) is 24.7 Å². The van der Waals surface area contributed by atoms with E-state index in [0.717, 1.165) is 43.9 Å². The lowest BCUT2D eigenvalue weighted by Gasteiger charge is -2.28. The van der Waals surface area contributed by atoms with Gasteiger partial charge in [-0.2, -0.15) is 0 Å². The van der Waals surface area contributed by atoms with Crippen LogP contribution in [0.25, 0.3) is 5.69 Å². The summed E-state index contributed by atoms with van der Waals surface area (Å²) >= 11 is 5.87. The highest BCUT2D eigenvalue weighted by atomic mass is 35.5. The molecule has 0 saturated carbocycles. The van der Waals surface area contributed by atoms with Crippen LogP contribution in [0.1, 0.15) is 18.5 Å². The maximum atomic E-state index is 9.50. The topological polar surface area (TPSA) is 54.2 Å². The SMILES string of the molecule is OC1CCN(Cc2cn(-c3ccc(Cl)cc3)nn2)CC1. The normalized spacial score (nSPS) is 17.5. The van der Waals surface area contributed by atoms with Crippen LogP contribution in [-0.2, 0) is 6.54 Å². The molecule has 106 valence electrons. The van der Waals surface area contributed by atoms with E-state index in [-0.39, 0.29) is 6.10 Å². The summed E-state index contributed by atoms with van der Waals surface area (Å²) in [5.74, 6) is 0. The summed E-state index contributed by atoms with van der Waals surface area (Å²) in [6.45, 7) is 2.60. The summed E-state index contributed by atoms with van der Waals surface area (Å²) in [4.78, 5) is 2.29. The number of aliphatic hydroxyl groups excluding tert-OH is 1. The highest BCUT2D eigenvalue weighted by Gasteiger charge is 2.18. The number of hydrogen-bond acceptors (Lipinski definition) is 4. The minimum Gasteiger partial charge on any atom is -0.393 e. The van der Waals surface area contributed by atoms with Crippen LogP contribution in [0.3, 0.4) is 0 Å². The molecule has 0 spiro atoms. The maximum Gasteiger partial charge on any atom is 0.0971 e. The summed E-state index contributed by atoms with van der Waals surface area (Å²) in [7, 11) is 0. The van der Waals surface area contributed by atoms with Gasteiger partial charge in [-0.25, -0.2) is 4.68 Å². The number of rotatable bonds is 3. The molecule has 20 heavy (non-hydrogen) atoms. The highest BCUT2D eigenvalue weighted by Crippen LogP contribution is 2.15. The van der Waals surface area contributed by atoms with E-state index in [4.69, 9.17) is 11.6 Å². The van der Waals surface area contributed by atoms with Crippen LogP contribution >= 0.6 is 11.6 Å². The molecule has 0 aliphatic carbocycles. The first kappa shape index (κ1) is 13.5. The van der Waals surface area contributed by atoms with Crippen molar-refractivity contribution in [3.8, 4) is 5.69 Å². The van der Waals surface area contributed by atoms with Crippen molar-refractivity contribution in [3.05, 3.63) is 41.2 Å². The Balaban J connectivity index is 1.66. The van der Waals surface area contributed by atoms with E-state index in [2.05, 4.69) is 15.2 Å². The van der Waals surface area contributed by atoms with E-state index in [0.29, 0.717) is 5.02 Å². The highest BCUT2D eigenvalue weighted by molar-refractivity contribution is 6.30. The minimum absolute atomic E-state index is 0.143. The molecule has 0 bridgehead atoms. The molecule has 1 N–H and O–H groups in total. The van der Waals surface area contributed by atoms with E-state index >= 15 is 0 Å². The van der Waals surface area contributed by atoms with Gasteiger partial charge in [-0.1, -0.05) is 16.8 Å². The molecule has 1 aromatic carbocycles. The second-order valence-electron chi connectivity index (χ2n) is 5.14. The fourth-order valence-corrected chi connectivity index (χ4v) is 2.52. The van der Waals surface area contributed by atoms with Crippen LogP contribution < -0.4 is 0 Å². The first-order chi connectivity index (χ1) is 9.70. The quantitative estimate of drug-likeness (QED) is 0.938. The third-order valence-electron chi connectivity index (χ3n) is 3.57. The first-order valence-electron chi connectivity index (χ1n) is 6.78. The van der Waals surface area contributed by atoms with Crippen LogP contribution in [0.15, 0.2) is 30.5 Å². The molecule has 3 rings (SSSR count). The Kier molecular flexibility index (Phi) is 4.00. The molecular weight excluding hydrogens is 276 g/mol. The molecule has 2 aromatic rings. The molecule has 6 heteroatoms. The molecular formula is C14H17ClN4O. The van der Waals surface area contributed by atoms with Gasteiger partial charge >= 0.3 is 0 Å². The van der Waals surface area contributed by atoms with Gasteiger partial charge in [0.25, 0.3) is 0 Å². The molecule has 0 amide bonds. The van der Waals surface area contributed by atoms with Crippen molar-refractivity contribution < 1.29 is 5.11 Å². The Morgan fingerprint density at radius 3 is 2.60 bits per heavy atom. The summed E-state index contributed by atoms with van der Waals surface area (Å²) in [6.07, 6.45) is 3.47. The lowest BCUT2D eigenvalue weighted by atomic mass is 10.1. The van der Waals surface area contributed by atoms with E-state index in [1.165, 1.54) is 0 Å². The largest absolute Gasteiger partial charge is 0.393 e. The van der Waals surface area contributed by atoms with Gasteiger partial charge in [-0.15, -0.1) is 5.10 Å². The Bertz CT molecular complexity index is 561. The predicted molar refractivity (Wildman–Crippen MR) is 76.9 cm³/mol. The zero-order valence-corrected chi connectivity index (χ0v) is 11.9. The standard InChI is InChI=1S/C14H17ClN4O/c15-11-1-3-13(4-2-11)19-10-12(16-17-19)9-18-7-5-14(20)6-8-18/h1-4,10,14,20H,5-9H2. The lowest BCUT2D eigenvalue weighted by molar-refractivity contribution is 0.0786. The smallest absolute Gasteiger partial charge is 0.0971 e. The monoisotopic (exact) mass is 292 g/mol. The van der Waals surface area contributed by atoms with Gasteiger partial charge in [0.1, 0.15) is 0 Å². The molecule has 0 unspecified atom stereocenters. The van der Waals surface area contributed by atoms with Crippen molar-refractivity contribution in [2.45, 2.75) is 25.5 Å². The molecule has 1 aliphatic heterocycles. The molecule has 2 heterocycles.